The molecule has 5 nitrogen and oxygen atoms in total. The molecule has 0 saturated carbocycles. The number of benzene rings is 1. The summed E-state index contributed by atoms with van der Waals surface area (Å²) in [5, 5.41) is 4.46. The fourth-order valence-corrected chi connectivity index (χ4v) is 2.93. The summed E-state index contributed by atoms with van der Waals surface area (Å²) in [6.45, 7) is 8.56. The molecule has 5 heteroatoms. The molecule has 0 amide bonds. The first-order chi connectivity index (χ1) is 11.5. The lowest BCUT2D eigenvalue weighted by molar-refractivity contribution is 0.415. The maximum atomic E-state index is 5.27. The summed E-state index contributed by atoms with van der Waals surface area (Å²) in [4.78, 5) is 8.96. The Morgan fingerprint density at radius 3 is 2.33 bits per heavy atom. The number of rotatable bonds is 5. The molecule has 0 spiro atoms. The summed E-state index contributed by atoms with van der Waals surface area (Å²) in [6.07, 6.45) is 1.63. The van der Waals surface area contributed by atoms with E-state index in [4.69, 9.17) is 4.74 Å². The van der Waals surface area contributed by atoms with Crippen molar-refractivity contribution in [3.8, 4) is 17.0 Å². The van der Waals surface area contributed by atoms with Gasteiger partial charge in [0.25, 0.3) is 0 Å². The molecule has 0 fully saturated rings. The molecule has 3 aromatic rings. The van der Waals surface area contributed by atoms with Crippen LogP contribution in [0.2, 0.25) is 0 Å². The Morgan fingerprint density at radius 2 is 1.75 bits per heavy atom. The van der Waals surface area contributed by atoms with Crippen LogP contribution in [0.15, 0.2) is 36.7 Å². The summed E-state index contributed by atoms with van der Waals surface area (Å²) < 4.78 is 7.52. The highest BCUT2D eigenvalue weighted by atomic mass is 16.5. The second-order valence-electron chi connectivity index (χ2n) is 6.48. The maximum absolute atomic E-state index is 5.27. The van der Waals surface area contributed by atoms with Crippen LogP contribution in [-0.4, -0.2) is 27.7 Å². The summed E-state index contributed by atoms with van der Waals surface area (Å²) >= 11 is 0. The number of hydrogen-bond donors (Lipinski definition) is 1. The van der Waals surface area contributed by atoms with Crippen molar-refractivity contribution in [2.24, 2.45) is 0 Å². The van der Waals surface area contributed by atoms with Crippen molar-refractivity contribution in [3.63, 3.8) is 0 Å². The van der Waals surface area contributed by atoms with Gasteiger partial charge in [-0.15, -0.1) is 0 Å². The number of fused-ring (bicyclic) bond motifs is 1. The molecule has 0 saturated heterocycles. The van der Waals surface area contributed by atoms with Crippen LogP contribution in [0.5, 0.6) is 5.75 Å². The first-order valence-electron chi connectivity index (χ1n) is 8.28. The van der Waals surface area contributed by atoms with E-state index in [1.54, 1.807) is 13.4 Å². The van der Waals surface area contributed by atoms with E-state index in [-0.39, 0.29) is 0 Å². The molecule has 2 heterocycles. The number of ether oxygens (including phenoxy) is 1. The first-order valence-corrected chi connectivity index (χ1v) is 8.28. The van der Waals surface area contributed by atoms with Gasteiger partial charge in [-0.1, -0.05) is 0 Å². The van der Waals surface area contributed by atoms with Gasteiger partial charge in [-0.05, 0) is 63.6 Å². The molecule has 0 radical (unpaired) electrons. The van der Waals surface area contributed by atoms with Crippen molar-refractivity contribution >= 4 is 16.9 Å². The molecule has 0 aliphatic heterocycles. The second-order valence-corrected chi connectivity index (χ2v) is 6.48. The third kappa shape index (κ3) is 2.94. The fraction of sp³-hybridized carbons (Fsp3) is 0.368. The minimum absolute atomic E-state index is 0.293. The molecule has 0 aliphatic rings. The minimum Gasteiger partial charge on any atom is -0.497 e. The van der Waals surface area contributed by atoms with E-state index < -0.39 is 0 Å². The topological polar surface area (TPSA) is 52.0 Å². The van der Waals surface area contributed by atoms with Gasteiger partial charge < -0.3 is 14.6 Å². The van der Waals surface area contributed by atoms with Crippen molar-refractivity contribution in [3.05, 3.63) is 36.7 Å². The van der Waals surface area contributed by atoms with Crippen molar-refractivity contribution in [1.29, 1.82) is 0 Å². The third-order valence-electron chi connectivity index (χ3n) is 3.96. The minimum atomic E-state index is 0.293. The molecule has 0 bridgehead atoms. The molecule has 0 aliphatic carbocycles. The Labute approximate surface area is 142 Å². The Morgan fingerprint density at radius 1 is 1.04 bits per heavy atom. The van der Waals surface area contributed by atoms with E-state index in [1.807, 2.05) is 12.1 Å². The van der Waals surface area contributed by atoms with Crippen molar-refractivity contribution < 1.29 is 4.74 Å². The second kappa shape index (κ2) is 6.51. The standard InChI is InChI=1S/C19H24N4O/c1-12(2)22-18-16-10-17(14-6-8-15(24-5)9-7-14)23(13(3)4)19(16)21-11-20-18/h6-13H,1-5H3,(H,20,21,22). The Hall–Kier alpha value is -2.56. The predicted octanol–water partition coefficient (Wildman–Crippen LogP) is 4.51. The highest BCUT2D eigenvalue weighted by Gasteiger charge is 2.17. The van der Waals surface area contributed by atoms with Gasteiger partial charge >= 0.3 is 0 Å². The molecule has 3 rings (SSSR count). The van der Waals surface area contributed by atoms with Crippen molar-refractivity contribution in [2.45, 2.75) is 39.8 Å². The summed E-state index contributed by atoms with van der Waals surface area (Å²) in [7, 11) is 1.68. The molecule has 1 aromatic carbocycles. The van der Waals surface area contributed by atoms with Gasteiger partial charge in [0, 0.05) is 12.1 Å². The Bertz CT molecular complexity index is 834. The SMILES string of the molecule is COc1ccc(-c2cc3c(NC(C)C)ncnc3n2C(C)C)cc1. The fourth-order valence-electron chi connectivity index (χ4n) is 2.93. The van der Waals surface area contributed by atoms with E-state index in [1.165, 1.54) is 0 Å². The zero-order chi connectivity index (χ0) is 17.3. The van der Waals surface area contributed by atoms with E-state index >= 15 is 0 Å². The quantitative estimate of drug-likeness (QED) is 0.750. The summed E-state index contributed by atoms with van der Waals surface area (Å²) in [5.41, 5.74) is 3.22. The van der Waals surface area contributed by atoms with Gasteiger partial charge in [0.15, 0.2) is 0 Å². The van der Waals surface area contributed by atoms with Gasteiger partial charge in [0.2, 0.25) is 0 Å². The molecular weight excluding hydrogens is 300 g/mol. The van der Waals surface area contributed by atoms with Crippen molar-refractivity contribution in [2.75, 3.05) is 12.4 Å². The molecule has 1 N–H and O–H groups in total. The van der Waals surface area contributed by atoms with Crippen LogP contribution in [-0.2, 0) is 0 Å². The van der Waals surface area contributed by atoms with Gasteiger partial charge in [-0.2, -0.15) is 0 Å². The zero-order valence-corrected chi connectivity index (χ0v) is 14.9. The first kappa shape index (κ1) is 16.3. The molecule has 24 heavy (non-hydrogen) atoms. The molecule has 2 aromatic heterocycles. The van der Waals surface area contributed by atoms with Crippen LogP contribution in [0.1, 0.15) is 33.7 Å². The molecule has 0 unspecified atom stereocenters. The largest absolute Gasteiger partial charge is 0.497 e. The number of nitrogens with one attached hydrogen (secondary N) is 1. The maximum Gasteiger partial charge on any atom is 0.146 e. The Kier molecular flexibility index (Phi) is 4.42. The number of anilines is 1. The van der Waals surface area contributed by atoms with Crippen LogP contribution in [0.3, 0.4) is 0 Å². The normalized spacial score (nSPS) is 11.5. The highest BCUT2D eigenvalue weighted by Crippen LogP contribution is 2.33. The van der Waals surface area contributed by atoms with Crippen LogP contribution >= 0.6 is 0 Å². The van der Waals surface area contributed by atoms with Gasteiger partial charge in [-0.25, -0.2) is 9.97 Å². The van der Waals surface area contributed by atoms with Crippen LogP contribution < -0.4 is 10.1 Å². The highest BCUT2D eigenvalue weighted by molar-refractivity contribution is 5.92. The smallest absolute Gasteiger partial charge is 0.146 e. The lowest BCUT2D eigenvalue weighted by atomic mass is 10.1. The zero-order valence-electron chi connectivity index (χ0n) is 14.9. The van der Waals surface area contributed by atoms with Gasteiger partial charge in [-0.3, -0.25) is 0 Å². The van der Waals surface area contributed by atoms with E-state index in [2.05, 4.69) is 65.7 Å². The predicted molar refractivity (Wildman–Crippen MR) is 98.7 cm³/mol. The van der Waals surface area contributed by atoms with Crippen LogP contribution in [0.4, 0.5) is 5.82 Å². The van der Waals surface area contributed by atoms with Crippen molar-refractivity contribution in [1.82, 2.24) is 14.5 Å². The van der Waals surface area contributed by atoms with Crippen LogP contribution in [0, 0.1) is 0 Å². The van der Waals surface area contributed by atoms with Gasteiger partial charge in [0.05, 0.1) is 18.2 Å². The average Bonchev–Trinajstić information content (AvgIpc) is 2.95. The monoisotopic (exact) mass is 324 g/mol. The molecular formula is C19H24N4O. The average molecular weight is 324 g/mol. The molecule has 126 valence electrons. The Balaban J connectivity index is 2.20. The lowest BCUT2D eigenvalue weighted by Gasteiger charge is -2.15. The van der Waals surface area contributed by atoms with E-state index in [0.717, 1.165) is 33.9 Å². The van der Waals surface area contributed by atoms with E-state index in [9.17, 15) is 0 Å². The van der Waals surface area contributed by atoms with Crippen LogP contribution in [0.25, 0.3) is 22.3 Å². The lowest BCUT2D eigenvalue weighted by Crippen LogP contribution is -2.11. The summed E-state index contributed by atoms with van der Waals surface area (Å²) in [5.74, 6) is 1.73. The number of methoxy groups -OCH3 is 1. The number of nitrogens with zero attached hydrogens (tertiary/aromatic N) is 3. The third-order valence-corrected chi connectivity index (χ3v) is 3.96. The number of aromatic nitrogens is 3. The molecule has 0 atom stereocenters. The number of hydrogen-bond acceptors (Lipinski definition) is 4. The van der Waals surface area contributed by atoms with Gasteiger partial charge in [0.1, 0.15) is 23.5 Å². The summed E-state index contributed by atoms with van der Waals surface area (Å²) in [6, 6.07) is 10.9. The van der Waals surface area contributed by atoms with E-state index in [0.29, 0.717) is 12.1 Å².